The van der Waals surface area contributed by atoms with Crippen LogP contribution in [0.3, 0.4) is 0 Å². The molecule has 0 radical (unpaired) electrons. The van der Waals surface area contributed by atoms with Gasteiger partial charge in [0.05, 0.1) is 18.8 Å². The van der Waals surface area contributed by atoms with E-state index in [9.17, 15) is 9.59 Å². The zero-order chi connectivity index (χ0) is 14.4. The molecule has 2 rings (SSSR count). The fraction of sp³-hybridized carbons (Fsp3) is 0.154. The van der Waals surface area contributed by atoms with Crippen molar-refractivity contribution in [2.24, 2.45) is 5.73 Å². The van der Waals surface area contributed by atoms with Gasteiger partial charge in [0, 0.05) is 11.9 Å². The van der Waals surface area contributed by atoms with E-state index in [0.717, 1.165) is 11.3 Å². The maximum Gasteiger partial charge on any atom is 0.243 e. The van der Waals surface area contributed by atoms with E-state index in [1.165, 1.54) is 0 Å². The van der Waals surface area contributed by atoms with Gasteiger partial charge in [-0.15, -0.1) is 0 Å². The molecular weight excluding hydrogens is 258 g/mol. The summed E-state index contributed by atoms with van der Waals surface area (Å²) in [6.07, 6.45) is 1.67. The van der Waals surface area contributed by atoms with Crippen LogP contribution in [0.2, 0.25) is 0 Å². The van der Waals surface area contributed by atoms with E-state index in [2.05, 4.69) is 20.8 Å². The molecule has 0 aliphatic rings. The molecule has 0 aliphatic carbocycles. The van der Waals surface area contributed by atoms with Crippen LogP contribution in [0, 0.1) is 0 Å². The lowest BCUT2D eigenvalue weighted by molar-refractivity contribution is -0.123. The van der Waals surface area contributed by atoms with Crippen LogP contribution in [0.4, 0.5) is 5.69 Å². The Bertz CT molecular complexity index is 577. The number of benzene rings is 1. The van der Waals surface area contributed by atoms with E-state index < -0.39 is 0 Å². The fourth-order valence-corrected chi connectivity index (χ4v) is 1.61. The molecule has 0 saturated heterocycles. The number of amides is 2. The molecule has 104 valence electrons. The Morgan fingerprint density at radius 3 is 2.50 bits per heavy atom. The van der Waals surface area contributed by atoms with Gasteiger partial charge in [0.15, 0.2) is 0 Å². The molecule has 0 bridgehead atoms. The number of nitrogens with zero attached hydrogens (tertiary/aromatic N) is 1. The van der Waals surface area contributed by atoms with E-state index in [4.69, 9.17) is 5.73 Å². The Labute approximate surface area is 115 Å². The number of carbonyl (C=O) groups excluding carboxylic acids is 2. The molecule has 1 heterocycles. The molecule has 1 aromatic carbocycles. The van der Waals surface area contributed by atoms with Crippen LogP contribution in [0.1, 0.15) is 0 Å². The van der Waals surface area contributed by atoms with Crippen LogP contribution in [0.25, 0.3) is 11.3 Å². The Hall–Kier alpha value is -2.67. The third kappa shape index (κ3) is 3.66. The van der Waals surface area contributed by atoms with E-state index in [1.807, 2.05) is 18.2 Å². The van der Waals surface area contributed by atoms with Gasteiger partial charge in [0.2, 0.25) is 11.8 Å². The minimum atomic E-state index is -0.366. The van der Waals surface area contributed by atoms with Crippen LogP contribution >= 0.6 is 0 Å². The summed E-state index contributed by atoms with van der Waals surface area (Å²) in [5.74, 6) is -0.671. The number of carbonyl (C=O) groups is 2. The number of aromatic amines is 1. The van der Waals surface area contributed by atoms with E-state index in [1.54, 1.807) is 18.3 Å². The molecule has 0 unspecified atom stereocenters. The summed E-state index contributed by atoms with van der Waals surface area (Å²) in [5, 5.41) is 11.8. The van der Waals surface area contributed by atoms with E-state index >= 15 is 0 Å². The molecule has 5 N–H and O–H groups in total. The first-order valence-corrected chi connectivity index (χ1v) is 6.05. The summed E-state index contributed by atoms with van der Waals surface area (Å²) in [5.41, 5.74) is 7.65. The van der Waals surface area contributed by atoms with Crippen molar-refractivity contribution >= 4 is 17.5 Å². The Morgan fingerprint density at radius 2 is 1.90 bits per heavy atom. The molecule has 0 aliphatic heterocycles. The van der Waals surface area contributed by atoms with Crippen LogP contribution in [0.5, 0.6) is 0 Å². The van der Waals surface area contributed by atoms with E-state index in [0.29, 0.717) is 5.69 Å². The quantitative estimate of drug-likeness (QED) is 0.618. The van der Waals surface area contributed by atoms with Crippen LogP contribution in [-0.4, -0.2) is 35.1 Å². The van der Waals surface area contributed by atoms with Gasteiger partial charge in [-0.3, -0.25) is 14.7 Å². The van der Waals surface area contributed by atoms with Gasteiger partial charge in [-0.1, -0.05) is 12.1 Å². The van der Waals surface area contributed by atoms with Crippen LogP contribution < -0.4 is 16.4 Å². The molecule has 0 atom stereocenters. The van der Waals surface area contributed by atoms with Crippen molar-refractivity contribution in [2.45, 2.75) is 0 Å². The van der Waals surface area contributed by atoms with Gasteiger partial charge < -0.3 is 16.4 Å². The molecular formula is C13H15N5O2. The first-order valence-electron chi connectivity index (χ1n) is 6.05. The summed E-state index contributed by atoms with van der Waals surface area (Å²) in [4.78, 5) is 22.5. The topological polar surface area (TPSA) is 113 Å². The summed E-state index contributed by atoms with van der Waals surface area (Å²) in [7, 11) is 0. The van der Waals surface area contributed by atoms with Gasteiger partial charge >= 0.3 is 0 Å². The van der Waals surface area contributed by atoms with Crippen molar-refractivity contribution in [2.75, 3.05) is 18.4 Å². The molecule has 2 aromatic rings. The number of rotatable bonds is 5. The highest BCUT2D eigenvalue weighted by molar-refractivity contribution is 5.94. The van der Waals surface area contributed by atoms with Gasteiger partial charge in [-0.25, -0.2) is 0 Å². The van der Waals surface area contributed by atoms with Gasteiger partial charge in [0.1, 0.15) is 0 Å². The fourth-order valence-electron chi connectivity index (χ4n) is 1.61. The second-order valence-corrected chi connectivity index (χ2v) is 4.08. The summed E-state index contributed by atoms with van der Waals surface area (Å²) in [6, 6.07) is 9.14. The number of anilines is 1. The maximum atomic E-state index is 11.6. The average molecular weight is 273 g/mol. The highest BCUT2D eigenvalue weighted by Crippen LogP contribution is 2.18. The van der Waals surface area contributed by atoms with Crippen molar-refractivity contribution < 1.29 is 9.59 Å². The summed E-state index contributed by atoms with van der Waals surface area (Å²) in [6.45, 7) is -0.232. The van der Waals surface area contributed by atoms with Gasteiger partial charge in [-0.2, -0.15) is 5.10 Å². The van der Waals surface area contributed by atoms with Crippen molar-refractivity contribution in [3.63, 3.8) is 0 Å². The Kier molecular flexibility index (Phi) is 4.46. The van der Waals surface area contributed by atoms with Crippen LogP contribution in [0.15, 0.2) is 36.5 Å². The van der Waals surface area contributed by atoms with Crippen LogP contribution in [-0.2, 0) is 9.59 Å². The maximum absolute atomic E-state index is 11.6. The van der Waals surface area contributed by atoms with E-state index in [-0.39, 0.29) is 24.9 Å². The summed E-state index contributed by atoms with van der Waals surface area (Å²) >= 11 is 0. The zero-order valence-electron chi connectivity index (χ0n) is 10.7. The van der Waals surface area contributed by atoms with Gasteiger partial charge in [0.25, 0.3) is 0 Å². The lowest BCUT2D eigenvalue weighted by Gasteiger charge is -2.07. The Balaban J connectivity index is 1.90. The molecule has 0 spiro atoms. The number of nitrogens with two attached hydrogens (primary N) is 1. The monoisotopic (exact) mass is 273 g/mol. The Morgan fingerprint density at radius 1 is 1.15 bits per heavy atom. The number of aromatic nitrogens is 2. The van der Waals surface area contributed by atoms with Crippen molar-refractivity contribution in [3.05, 3.63) is 36.5 Å². The van der Waals surface area contributed by atoms with Crippen molar-refractivity contribution in [3.8, 4) is 11.3 Å². The van der Waals surface area contributed by atoms with Gasteiger partial charge in [-0.05, 0) is 23.8 Å². The number of nitrogens with one attached hydrogen (secondary N) is 3. The van der Waals surface area contributed by atoms with Crippen molar-refractivity contribution in [1.82, 2.24) is 15.5 Å². The lowest BCUT2D eigenvalue weighted by atomic mass is 10.1. The second kappa shape index (κ2) is 6.48. The number of hydrogen-bond donors (Lipinski definition) is 4. The third-order valence-corrected chi connectivity index (χ3v) is 2.61. The molecule has 2 amide bonds. The molecule has 0 fully saturated rings. The lowest BCUT2D eigenvalue weighted by Crippen LogP contribution is -2.36. The van der Waals surface area contributed by atoms with Crippen molar-refractivity contribution in [1.29, 1.82) is 0 Å². The molecule has 7 nitrogen and oxygen atoms in total. The smallest absolute Gasteiger partial charge is 0.243 e. The third-order valence-electron chi connectivity index (χ3n) is 2.61. The molecule has 1 aromatic heterocycles. The molecule has 20 heavy (non-hydrogen) atoms. The highest BCUT2D eigenvalue weighted by atomic mass is 16.2. The number of H-pyrrole nitrogens is 1. The first-order chi connectivity index (χ1) is 9.69. The SMILES string of the molecule is NCC(=O)NCC(=O)Nc1ccc(-c2ccn[nH]2)cc1. The average Bonchev–Trinajstić information content (AvgIpc) is 2.99. The highest BCUT2D eigenvalue weighted by Gasteiger charge is 2.05. The first kappa shape index (κ1) is 13.8. The minimum Gasteiger partial charge on any atom is -0.346 e. The summed E-state index contributed by atoms with van der Waals surface area (Å²) < 4.78 is 0. The molecule has 0 saturated carbocycles. The zero-order valence-corrected chi connectivity index (χ0v) is 10.7. The predicted octanol–water partition coefficient (Wildman–Crippen LogP) is 0.0901. The predicted molar refractivity (Wildman–Crippen MR) is 74.7 cm³/mol. The normalized spacial score (nSPS) is 10.1. The number of hydrogen-bond acceptors (Lipinski definition) is 4. The minimum absolute atomic E-state index is 0.0989. The largest absolute Gasteiger partial charge is 0.346 e. The molecule has 7 heteroatoms. The standard InChI is InChI=1S/C13H15N5O2/c14-7-12(19)15-8-13(20)17-10-3-1-9(2-4-10)11-5-6-16-18-11/h1-6H,7-8,14H2,(H,15,19)(H,16,18)(H,17,20). The second-order valence-electron chi connectivity index (χ2n) is 4.08.